The van der Waals surface area contributed by atoms with Crippen LogP contribution in [0.3, 0.4) is 0 Å². The average molecular weight is 426 g/mol. The van der Waals surface area contributed by atoms with E-state index in [0.29, 0.717) is 29.4 Å². The van der Waals surface area contributed by atoms with Crippen LogP contribution in [0.4, 0.5) is 4.39 Å². The molecule has 1 fully saturated rings. The summed E-state index contributed by atoms with van der Waals surface area (Å²) in [7, 11) is 1.60. The molecule has 0 radical (unpaired) electrons. The number of halogens is 1. The van der Waals surface area contributed by atoms with Crippen molar-refractivity contribution < 1.29 is 23.3 Å². The van der Waals surface area contributed by atoms with Crippen LogP contribution in [0.1, 0.15) is 12.0 Å². The molecule has 0 spiro atoms. The van der Waals surface area contributed by atoms with Gasteiger partial charge < -0.3 is 18.9 Å². The number of aromatic nitrogens is 1. The number of morpholine rings is 1. The predicted molar refractivity (Wildman–Crippen MR) is 117 cm³/mol. The third-order valence-electron chi connectivity index (χ3n) is 5.27. The summed E-state index contributed by atoms with van der Waals surface area (Å²) in [5.74, 6) is 1.48. The third-order valence-corrected chi connectivity index (χ3v) is 5.27. The third kappa shape index (κ3) is 5.24. The molecular weight excluding hydrogens is 399 g/mol. The molecule has 1 aliphatic rings. The van der Waals surface area contributed by atoms with Gasteiger partial charge in [-0.2, -0.15) is 0 Å². The Labute approximate surface area is 181 Å². The van der Waals surface area contributed by atoms with Crippen molar-refractivity contribution in [3.8, 4) is 23.0 Å². The van der Waals surface area contributed by atoms with Crippen molar-refractivity contribution in [1.82, 2.24) is 9.88 Å². The number of ether oxygens (including phenoxy) is 4. The molecule has 0 amide bonds. The lowest BCUT2D eigenvalue weighted by atomic mass is 10.1. The van der Waals surface area contributed by atoms with Gasteiger partial charge in [-0.05, 0) is 43.2 Å². The second-order valence-electron chi connectivity index (χ2n) is 7.52. The van der Waals surface area contributed by atoms with Crippen molar-refractivity contribution in [2.45, 2.75) is 13.3 Å². The number of benzene rings is 2. The molecular formula is C24H27FN2O4. The maximum Gasteiger partial charge on any atom is 0.165 e. The summed E-state index contributed by atoms with van der Waals surface area (Å²) in [6.45, 7) is 6.90. The van der Waals surface area contributed by atoms with Crippen molar-refractivity contribution in [3.63, 3.8) is 0 Å². The van der Waals surface area contributed by atoms with E-state index < -0.39 is 5.82 Å². The molecule has 1 saturated heterocycles. The van der Waals surface area contributed by atoms with E-state index in [4.69, 9.17) is 18.9 Å². The maximum absolute atomic E-state index is 14.3. The molecule has 0 atom stereocenters. The number of pyridine rings is 1. The topological polar surface area (TPSA) is 53.0 Å². The van der Waals surface area contributed by atoms with Gasteiger partial charge in [0.2, 0.25) is 0 Å². The molecule has 0 aliphatic carbocycles. The van der Waals surface area contributed by atoms with E-state index in [1.807, 2.05) is 25.1 Å². The minimum atomic E-state index is -0.405. The van der Waals surface area contributed by atoms with E-state index >= 15 is 0 Å². The molecule has 2 heterocycles. The summed E-state index contributed by atoms with van der Waals surface area (Å²) in [4.78, 5) is 6.80. The predicted octanol–water partition coefficient (Wildman–Crippen LogP) is 4.58. The lowest BCUT2D eigenvalue weighted by molar-refractivity contribution is 0.0357. The van der Waals surface area contributed by atoms with Gasteiger partial charge in [0, 0.05) is 37.3 Å². The van der Waals surface area contributed by atoms with Gasteiger partial charge >= 0.3 is 0 Å². The second-order valence-corrected chi connectivity index (χ2v) is 7.52. The Morgan fingerprint density at radius 1 is 1.03 bits per heavy atom. The van der Waals surface area contributed by atoms with Crippen LogP contribution in [0.25, 0.3) is 10.9 Å². The van der Waals surface area contributed by atoms with Crippen LogP contribution in [0.15, 0.2) is 42.6 Å². The molecule has 0 saturated carbocycles. The zero-order valence-corrected chi connectivity index (χ0v) is 17.9. The first-order chi connectivity index (χ1) is 15.1. The summed E-state index contributed by atoms with van der Waals surface area (Å²) in [5, 5.41) is 0.722. The molecule has 1 aromatic heterocycles. The number of hydrogen-bond acceptors (Lipinski definition) is 6. The number of methoxy groups -OCH3 is 1. The van der Waals surface area contributed by atoms with Gasteiger partial charge in [0.25, 0.3) is 0 Å². The van der Waals surface area contributed by atoms with Gasteiger partial charge in [-0.3, -0.25) is 9.88 Å². The first kappa shape index (κ1) is 21.3. The fourth-order valence-corrected chi connectivity index (χ4v) is 3.59. The molecule has 164 valence electrons. The molecule has 0 N–H and O–H groups in total. The van der Waals surface area contributed by atoms with E-state index in [2.05, 4.69) is 9.88 Å². The van der Waals surface area contributed by atoms with Crippen molar-refractivity contribution >= 4 is 10.9 Å². The van der Waals surface area contributed by atoms with E-state index in [0.717, 1.165) is 50.2 Å². The average Bonchev–Trinajstić information content (AvgIpc) is 2.79. The monoisotopic (exact) mass is 426 g/mol. The Morgan fingerprint density at radius 2 is 1.87 bits per heavy atom. The van der Waals surface area contributed by atoms with Gasteiger partial charge in [0.05, 0.1) is 32.4 Å². The van der Waals surface area contributed by atoms with E-state index in [9.17, 15) is 4.39 Å². The lowest BCUT2D eigenvalue weighted by Gasteiger charge is -2.26. The van der Waals surface area contributed by atoms with Crippen LogP contribution in [0.5, 0.6) is 23.0 Å². The minimum absolute atomic E-state index is 0.167. The molecule has 3 aromatic rings. The van der Waals surface area contributed by atoms with Gasteiger partial charge in [0.15, 0.2) is 23.1 Å². The summed E-state index contributed by atoms with van der Waals surface area (Å²) in [5.41, 5.74) is 1.52. The summed E-state index contributed by atoms with van der Waals surface area (Å²) >= 11 is 0. The highest BCUT2D eigenvalue weighted by atomic mass is 19.1. The van der Waals surface area contributed by atoms with E-state index in [-0.39, 0.29) is 5.75 Å². The van der Waals surface area contributed by atoms with Crippen LogP contribution < -0.4 is 14.2 Å². The summed E-state index contributed by atoms with van der Waals surface area (Å²) < 4.78 is 37.0. The molecule has 0 unspecified atom stereocenters. The first-order valence-corrected chi connectivity index (χ1v) is 10.5. The SMILES string of the molecule is COc1cc2c(Oc3ccc(C)cc3F)ccnc2cc1OCCCN1CCOCC1. The smallest absolute Gasteiger partial charge is 0.165 e. The minimum Gasteiger partial charge on any atom is -0.493 e. The van der Waals surface area contributed by atoms with Gasteiger partial charge in [-0.15, -0.1) is 0 Å². The van der Waals surface area contributed by atoms with Crippen molar-refractivity contribution in [3.05, 3.63) is 54.0 Å². The highest BCUT2D eigenvalue weighted by Gasteiger charge is 2.14. The standard InChI is InChI=1S/C24H27FN2O4/c1-17-4-5-22(19(25)14-17)31-21-6-7-26-20-16-24(23(28-2)15-18(20)21)30-11-3-8-27-9-12-29-13-10-27/h4-7,14-16H,3,8-13H2,1-2H3. The number of rotatable bonds is 8. The van der Waals surface area contributed by atoms with Crippen LogP contribution in [0, 0.1) is 12.7 Å². The maximum atomic E-state index is 14.3. The second kappa shape index (κ2) is 9.94. The Bertz CT molecular complexity index is 1040. The van der Waals surface area contributed by atoms with Crippen molar-refractivity contribution in [1.29, 1.82) is 0 Å². The normalized spacial score (nSPS) is 14.5. The molecule has 6 nitrogen and oxygen atoms in total. The Hall–Kier alpha value is -2.90. The highest BCUT2D eigenvalue weighted by Crippen LogP contribution is 2.37. The van der Waals surface area contributed by atoms with Crippen molar-refractivity contribution in [2.75, 3.05) is 46.6 Å². The highest BCUT2D eigenvalue weighted by molar-refractivity contribution is 5.88. The summed E-state index contributed by atoms with van der Waals surface area (Å²) in [6.07, 6.45) is 2.54. The first-order valence-electron chi connectivity index (χ1n) is 10.5. The van der Waals surface area contributed by atoms with Crippen LogP contribution in [0.2, 0.25) is 0 Å². The van der Waals surface area contributed by atoms with E-state index in [1.165, 1.54) is 6.07 Å². The largest absolute Gasteiger partial charge is 0.493 e. The van der Waals surface area contributed by atoms with Crippen LogP contribution in [-0.2, 0) is 4.74 Å². The molecule has 2 aromatic carbocycles. The van der Waals surface area contributed by atoms with Gasteiger partial charge in [-0.1, -0.05) is 6.07 Å². The number of aryl methyl sites for hydroxylation is 1. The van der Waals surface area contributed by atoms with Crippen LogP contribution >= 0.6 is 0 Å². The van der Waals surface area contributed by atoms with Gasteiger partial charge in [-0.25, -0.2) is 4.39 Å². The van der Waals surface area contributed by atoms with Crippen LogP contribution in [-0.4, -0.2) is 56.4 Å². The molecule has 4 rings (SSSR count). The fraction of sp³-hybridized carbons (Fsp3) is 0.375. The zero-order chi connectivity index (χ0) is 21.6. The molecule has 0 bridgehead atoms. The Kier molecular flexibility index (Phi) is 6.84. The molecule has 31 heavy (non-hydrogen) atoms. The van der Waals surface area contributed by atoms with E-state index in [1.54, 1.807) is 25.4 Å². The Morgan fingerprint density at radius 3 is 2.65 bits per heavy atom. The fourth-order valence-electron chi connectivity index (χ4n) is 3.59. The Balaban J connectivity index is 1.49. The number of nitrogens with zero attached hydrogens (tertiary/aromatic N) is 2. The van der Waals surface area contributed by atoms with Gasteiger partial charge in [0.1, 0.15) is 5.75 Å². The zero-order valence-electron chi connectivity index (χ0n) is 17.9. The summed E-state index contributed by atoms with van der Waals surface area (Å²) in [6, 6.07) is 10.2. The molecule has 1 aliphatic heterocycles. The van der Waals surface area contributed by atoms with Crippen molar-refractivity contribution in [2.24, 2.45) is 0 Å². The number of fused-ring (bicyclic) bond motifs is 1. The quantitative estimate of drug-likeness (QED) is 0.492. The number of hydrogen-bond donors (Lipinski definition) is 0. The molecule has 7 heteroatoms. The lowest BCUT2D eigenvalue weighted by Crippen LogP contribution is -2.37.